The average molecular weight is 846 g/mol. The van der Waals surface area contributed by atoms with E-state index in [9.17, 15) is 0 Å². The Morgan fingerprint density at radius 3 is 1.91 bits per heavy atom. The molecular weight excluding hydrogens is 807 g/mol. The van der Waals surface area contributed by atoms with Crippen molar-refractivity contribution in [1.29, 1.82) is 0 Å². The van der Waals surface area contributed by atoms with Gasteiger partial charge in [-0.2, -0.15) is 0 Å². The zero-order valence-electron chi connectivity index (χ0n) is 36.2. The van der Waals surface area contributed by atoms with E-state index in [1.165, 1.54) is 44.1 Å². The molecule has 13 aromatic rings. The molecule has 14 rings (SSSR count). The molecule has 5 nitrogen and oxygen atoms in total. The Labute approximate surface area is 379 Å². The summed E-state index contributed by atoms with van der Waals surface area (Å²) in [5.41, 5.74) is 18.9. The van der Waals surface area contributed by atoms with Gasteiger partial charge in [0.1, 0.15) is 22.3 Å². The molecule has 0 N–H and O–H groups in total. The lowest BCUT2D eigenvalue weighted by atomic mass is 9.82. The van der Waals surface area contributed by atoms with E-state index in [0.29, 0.717) is 5.82 Å². The molecule has 66 heavy (non-hydrogen) atoms. The smallest absolute Gasteiger partial charge is 0.160 e. The van der Waals surface area contributed by atoms with E-state index >= 15 is 0 Å². The van der Waals surface area contributed by atoms with Crippen LogP contribution in [0.25, 0.3) is 128 Å². The number of benzene rings is 9. The Morgan fingerprint density at radius 1 is 0.379 bits per heavy atom. The third-order valence-corrected chi connectivity index (χ3v) is 14.0. The van der Waals surface area contributed by atoms with Crippen LogP contribution in [0.3, 0.4) is 0 Å². The third kappa shape index (κ3) is 5.40. The molecule has 0 radical (unpaired) electrons. The Hall–Kier alpha value is -8.54. The summed E-state index contributed by atoms with van der Waals surface area (Å²) in [7, 11) is 0. The predicted octanol–water partition coefficient (Wildman–Crippen LogP) is 16.3. The fourth-order valence-corrected chi connectivity index (χ4v) is 10.8. The molecule has 0 unspecified atom stereocenters. The van der Waals surface area contributed by atoms with Crippen LogP contribution in [-0.4, -0.2) is 14.5 Å². The Bertz CT molecular complexity index is 4140. The van der Waals surface area contributed by atoms with E-state index in [0.717, 1.165) is 88.8 Å². The molecule has 1 aliphatic carbocycles. The van der Waals surface area contributed by atoms with Gasteiger partial charge in [-0.3, -0.25) is 0 Å². The van der Waals surface area contributed by atoms with Crippen molar-refractivity contribution in [3.05, 3.63) is 211 Å². The van der Waals surface area contributed by atoms with E-state index < -0.39 is 0 Å². The first-order valence-electron chi connectivity index (χ1n) is 22.5. The van der Waals surface area contributed by atoms with Gasteiger partial charge in [0, 0.05) is 60.1 Å². The molecule has 310 valence electrons. The van der Waals surface area contributed by atoms with Crippen LogP contribution in [0.5, 0.6) is 0 Å². The number of para-hydroxylation sites is 2. The van der Waals surface area contributed by atoms with E-state index in [1.807, 2.05) is 36.4 Å². The molecule has 0 bridgehead atoms. The molecule has 0 amide bonds. The lowest BCUT2D eigenvalue weighted by Gasteiger charge is -2.21. The van der Waals surface area contributed by atoms with Crippen LogP contribution in [0, 0.1) is 0 Å². The molecule has 0 fully saturated rings. The van der Waals surface area contributed by atoms with E-state index in [2.05, 4.69) is 182 Å². The minimum Gasteiger partial charge on any atom is -0.456 e. The van der Waals surface area contributed by atoms with Crippen LogP contribution in [0.4, 0.5) is 0 Å². The van der Waals surface area contributed by atoms with Gasteiger partial charge in [-0.05, 0) is 112 Å². The monoisotopic (exact) mass is 845 g/mol. The predicted molar refractivity (Wildman–Crippen MR) is 270 cm³/mol. The summed E-state index contributed by atoms with van der Waals surface area (Å²) in [6.07, 6.45) is 0. The van der Waals surface area contributed by atoms with Gasteiger partial charge in [0.2, 0.25) is 0 Å². The summed E-state index contributed by atoms with van der Waals surface area (Å²) in [6, 6.07) is 71.1. The molecule has 9 aromatic carbocycles. The van der Waals surface area contributed by atoms with Crippen molar-refractivity contribution < 1.29 is 8.83 Å². The zero-order valence-corrected chi connectivity index (χ0v) is 36.2. The van der Waals surface area contributed by atoms with Gasteiger partial charge in [0.15, 0.2) is 5.82 Å². The van der Waals surface area contributed by atoms with Crippen LogP contribution in [0.1, 0.15) is 25.0 Å². The van der Waals surface area contributed by atoms with Gasteiger partial charge in [0.05, 0.1) is 22.4 Å². The molecule has 0 saturated carbocycles. The number of hydrogen-bond donors (Lipinski definition) is 0. The number of hydrogen-bond acceptors (Lipinski definition) is 4. The average Bonchev–Trinajstić information content (AvgIpc) is 4.09. The first-order chi connectivity index (χ1) is 32.4. The highest BCUT2D eigenvalue weighted by Gasteiger charge is 2.36. The molecule has 5 heteroatoms. The van der Waals surface area contributed by atoms with Gasteiger partial charge in [-0.15, -0.1) is 0 Å². The maximum Gasteiger partial charge on any atom is 0.160 e. The number of aromatic nitrogens is 3. The summed E-state index contributed by atoms with van der Waals surface area (Å²) in [5.74, 6) is 0.652. The van der Waals surface area contributed by atoms with Crippen molar-refractivity contribution in [2.45, 2.75) is 19.3 Å². The van der Waals surface area contributed by atoms with E-state index in [4.69, 9.17) is 18.8 Å². The topological polar surface area (TPSA) is 57.0 Å². The van der Waals surface area contributed by atoms with Crippen LogP contribution >= 0.6 is 0 Å². The van der Waals surface area contributed by atoms with Crippen LogP contribution in [-0.2, 0) is 5.41 Å². The second kappa shape index (κ2) is 13.7. The Morgan fingerprint density at radius 2 is 1.03 bits per heavy atom. The van der Waals surface area contributed by atoms with Gasteiger partial charge in [-0.25, -0.2) is 9.97 Å². The van der Waals surface area contributed by atoms with Crippen molar-refractivity contribution in [3.8, 4) is 61.8 Å². The first kappa shape index (κ1) is 36.9. The third-order valence-electron chi connectivity index (χ3n) is 14.0. The first-order valence-corrected chi connectivity index (χ1v) is 22.5. The molecule has 0 aliphatic heterocycles. The maximum atomic E-state index is 6.62. The van der Waals surface area contributed by atoms with E-state index in [-0.39, 0.29) is 5.41 Å². The van der Waals surface area contributed by atoms with Crippen molar-refractivity contribution in [3.63, 3.8) is 0 Å². The highest BCUT2D eigenvalue weighted by Crippen LogP contribution is 2.51. The molecule has 1 aliphatic rings. The summed E-state index contributed by atoms with van der Waals surface area (Å²) in [5, 5.41) is 6.71. The molecular formula is C61H39N3O2. The number of rotatable bonds is 5. The SMILES string of the molecule is CC1(C)c2ccccc2-c2cc3c(cc21)c1cc(-c2ccc4oc5cccc(-c6cc(-c7ccc8c(c7)oc7ccccc78)nc(-c7ccccc7)n6)c5c4c2)ccc1n3-c1ccccc1. The second-order valence-corrected chi connectivity index (χ2v) is 18.1. The van der Waals surface area contributed by atoms with Crippen molar-refractivity contribution in [2.75, 3.05) is 0 Å². The lowest BCUT2D eigenvalue weighted by molar-refractivity contribution is 0.661. The van der Waals surface area contributed by atoms with Crippen molar-refractivity contribution >= 4 is 65.7 Å². The number of nitrogens with zero attached hydrogens (tertiary/aromatic N) is 3. The highest BCUT2D eigenvalue weighted by molar-refractivity contribution is 6.15. The normalized spacial score (nSPS) is 13.1. The summed E-state index contributed by atoms with van der Waals surface area (Å²) in [4.78, 5) is 10.4. The minimum absolute atomic E-state index is 0.113. The van der Waals surface area contributed by atoms with Crippen LogP contribution in [0.15, 0.2) is 209 Å². The lowest BCUT2D eigenvalue weighted by Crippen LogP contribution is -2.14. The standard InChI is InChI=1S/C61H39N3O2/c1-61(2)49-21-11-9-18-41(49)45-34-54-47(33-50(45)61)46-30-37(25-28-53(46)64(54)40-16-7-4-8-17-40)38-26-29-56-48(31-38)59-44(20-13-23-57(59)65-56)52-35-51(62-60(63-52)36-14-5-3-6-15-36)39-24-27-43-42-19-10-12-22-55(42)66-58(43)32-39/h3-35H,1-2H3. The fraction of sp³-hybridized carbons (Fsp3) is 0.0492. The molecule has 0 spiro atoms. The molecule has 4 aromatic heterocycles. The van der Waals surface area contributed by atoms with Gasteiger partial charge >= 0.3 is 0 Å². The minimum atomic E-state index is -0.113. The molecule has 0 atom stereocenters. The van der Waals surface area contributed by atoms with Crippen molar-refractivity contribution in [2.24, 2.45) is 0 Å². The molecule has 0 saturated heterocycles. The summed E-state index contributed by atoms with van der Waals surface area (Å²) < 4.78 is 15.4. The zero-order chi connectivity index (χ0) is 43.7. The fourth-order valence-electron chi connectivity index (χ4n) is 10.8. The Kier molecular flexibility index (Phi) is 7.68. The maximum absolute atomic E-state index is 6.62. The van der Waals surface area contributed by atoms with Gasteiger partial charge in [0.25, 0.3) is 0 Å². The van der Waals surface area contributed by atoms with E-state index in [1.54, 1.807) is 0 Å². The quantitative estimate of drug-likeness (QED) is 0.173. The number of fused-ring (bicyclic) bond motifs is 12. The molecule has 4 heterocycles. The summed E-state index contributed by atoms with van der Waals surface area (Å²) >= 11 is 0. The largest absolute Gasteiger partial charge is 0.456 e. The second-order valence-electron chi connectivity index (χ2n) is 18.1. The van der Waals surface area contributed by atoms with Crippen molar-refractivity contribution in [1.82, 2.24) is 14.5 Å². The Balaban J connectivity index is 0.948. The number of furan rings is 2. The van der Waals surface area contributed by atoms with Crippen LogP contribution < -0.4 is 0 Å². The summed E-state index contributed by atoms with van der Waals surface area (Å²) in [6.45, 7) is 4.71. The van der Waals surface area contributed by atoms with Gasteiger partial charge < -0.3 is 13.4 Å². The van der Waals surface area contributed by atoms with Gasteiger partial charge in [-0.1, -0.05) is 135 Å². The van der Waals surface area contributed by atoms with Crippen LogP contribution in [0.2, 0.25) is 0 Å². The highest BCUT2D eigenvalue weighted by atomic mass is 16.3.